The second-order valence-electron chi connectivity index (χ2n) is 4.39. The summed E-state index contributed by atoms with van der Waals surface area (Å²) in [6.07, 6.45) is 1.76. The van der Waals surface area contributed by atoms with Gasteiger partial charge in [-0.1, -0.05) is 13.0 Å². The van der Waals surface area contributed by atoms with Crippen LogP contribution in [0.3, 0.4) is 0 Å². The standard InChI is InChI=1S/C15H16BrFN2/c1-3-18-15(14-7-5-11(16)9-19-14)13-8-12(17)6-4-10(13)2/h4-9,15,18H,3H2,1-2H3. The van der Waals surface area contributed by atoms with Crippen molar-refractivity contribution < 1.29 is 4.39 Å². The molecule has 100 valence electrons. The molecule has 0 bridgehead atoms. The maximum atomic E-state index is 13.5. The number of aromatic nitrogens is 1. The van der Waals surface area contributed by atoms with E-state index in [1.807, 2.05) is 26.0 Å². The van der Waals surface area contributed by atoms with E-state index in [9.17, 15) is 4.39 Å². The van der Waals surface area contributed by atoms with Crippen molar-refractivity contribution in [3.8, 4) is 0 Å². The molecule has 0 aliphatic heterocycles. The molecular weight excluding hydrogens is 307 g/mol. The van der Waals surface area contributed by atoms with Crippen LogP contribution in [0.15, 0.2) is 41.0 Å². The first-order chi connectivity index (χ1) is 9.11. The van der Waals surface area contributed by atoms with Gasteiger partial charge in [0.15, 0.2) is 0 Å². The number of benzene rings is 1. The summed E-state index contributed by atoms with van der Waals surface area (Å²) in [5.74, 6) is -0.222. The van der Waals surface area contributed by atoms with E-state index in [-0.39, 0.29) is 11.9 Å². The van der Waals surface area contributed by atoms with Crippen LogP contribution in [0, 0.1) is 12.7 Å². The molecule has 19 heavy (non-hydrogen) atoms. The van der Waals surface area contributed by atoms with Crippen LogP contribution >= 0.6 is 15.9 Å². The predicted octanol–water partition coefficient (Wildman–Crippen LogP) is 3.99. The van der Waals surface area contributed by atoms with E-state index in [0.717, 1.165) is 27.8 Å². The van der Waals surface area contributed by atoms with Crippen LogP contribution in [0.4, 0.5) is 4.39 Å². The van der Waals surface area contributed by atoms with Gasteiger partial charge in [-0.2, -0.15) is 0 Å². The molecule has 1 aromatic carbocycles. The summed E-state index contributed by atoms with van der Waals surface area (Å²) in [4.78, 5) is 4.41. The van der Waals surface area contributed by atoms with Gasteiger partial charge in [0.1, 0.15) is 5.82 Å². The van der Waals surface area contributed by atoms with Crippen LogP contribution in [-0.2, 0) is 0 Å². The number of hydrogen-bond donors (Lipinski definition) is 1. The van der Waals surface area contributed by atoms with Crippen molar-refractivity contribution in [1.82, 2.24) is 10.3 Å². The molecule has 2 rings (SSSR count). The average molecular weight is 323 g/mol. The van der Waals surface area contributed by atoms with Gasteiger partial charge >= 0.3 is 0 Å². The van der Waals surface area contributed by atoms with Crippen molar-refractivity contribution in [3.05, 3.63) is 63.6 Å². The molecule has 0 aliphatic rings. The number of aryl methyl sites for hydroxylation is 1. The van der Waals surface area contributed by atoms with Crippen LogP contribution in [0.25, 0.3) is 0 Å². The fourth-order valence-corrected chi connectivity index (χ4v) is 2.29. The Morgan fingerprint density at radius 2 is 2.11 bits per heavy atom. The summed E-state index contributed by atoms with van der Waals surface area (Å²) < 4.78 is 14.4. The third-order valence-corrected chi connectivity index (χ3v) is 3.48. The lowest BCUT2D eigenvalue weighted by Crippen LogP contribution is -2.23. The molecule has 0 aliphatic carbocycles. The molecule has 0 amide bonds. The van der Waals surface area contributed by atoms with Gasteiger partial charge in [0.2, 0.25) is 0 Å². The summed E-state index contributed by atoms with van der Waals surface area (Å²) in [7, 11) is 0. The zero-order chi connectivity index (χ0) is 13.8. The average Bonchev–Trinajstić information content (AvgIpc) is 2.40. The van der Waals surface area contributed by atoms with Crippen LogP contribution in [0.2, 0.25) is 0 Å². The Bertz CT molecular complexity index is 555. The highest BCUT2D eigenvalue weighted by Crippen LogP contribution is 2.25. The zero-order valence-electron chi connectivity index (χ0n) is 11.0. The minimum Gasteiger partial charge on any atom is -0.305 e. The van der Waals surface area contributed by atoms with Crippen molar-refractivity contribution >= 4 is 15.9 Å². The summed E-state index contributed by atoms with van der Waals surface area (Å²) >= 11 is 3.37. The van der Waals surface area contributed by atoms with Gasteiger partial charge < -0.3 is 5.32 Å². The highest BCUT2D eigenvalue weighted by Gasteiger charge is 2.17. The van der Waals surface area contributed by atoms with Crippen molar-refractivity contribution in [2.45, 2.75) is 19.9 Å². The normalized spacial score (nSPS) is 12.4. The molecule has 1 N–H and O–H groups in total. The molecule has 0 fully saturated rings. The van der Waals surface area contributed by atoms with Gasteiger partial charge in [-0.15, -0.1) is 0 Å². The highest BCUT2D eigenvalue weighted by atomic mass is 79.9. The Labute approximate surface area is 121 Å². The maximum Gasteiger partial charge on any atom is 0.123 e. The summed E-state index contributed by atoms with van der Waals surface area (Å²) in [5, 5.41) is 3.36. The molecule has 0 saturated heterocycles. The molecule has 4 heteroatoms. The van der Waals surface area contributed by atoms with Crippen LogP contribution in [-0.4, -0.2) is 11.5 Å². The quantitative estimate of drug-likeness (QED) is 0.920. The lowest BCUT2D eigenvalue weighted by molar-refractivity contribution is 0.592. The first-order valence-electron chi connectivity index (χ1n) is 6.22. The van der Waals surface area contributed by atoms with Crippen molar-refractivity contribution in [2.24, 2.45) is 0 Å². The summed E-state index contributed by atoms with van der Waals surface area (Å²) in [6, 6.07) is 8.66. The molecule has 1 heterocycles. The lowest BCUT2D eigenvalue weighted by atomic mass is 9.98. The topological polar surface area (TPSA) is 24.9 Å². The smallest absolute Gasteiger partial charge is 0.123 e. The van der Waals surface area contributed by atoms with E-state index in [2.05, 4.69) is 26.2 Å². The van der Waals surface area contributed by atoms with E-state index < -0.39 is 0 Å². The maximum absolute atomic E-state index is 13.5. The molecule has 0 saturated carbocycles. The molecule has 2 aromatic rings. The van der Waals surface area contributed by atoms with Crippen molar-refractivity contribution in [3.63, 3.8) is 0 Å². The summed E-state index contributed by atoms with van der Waals surface area (Å²) in [6.45, 7) is 4.80. The fraction of sp³-hybridized carbons (Fsp3) is 0.267. The second kappa shape index (κ2) is 6.26. The predicted molar refractivity (Wildman–Crippen MR) is 78.6 cm³/mol. The Balaban J connectivity index is 2.44. The fourth-order valence-electron chi connectivity index (χ4n) is 2.06. The summed E-state index contributed by atoms with van der Waals surface area (Å²) in [5.41, 5.74) is 2.87. The van der Waals surface area contributed by atoms with Gasteiger partial charge in [0.25, 0.3) is 0 Å². The minimum absolute atomic E-state index is 0.0891. The largest absolute Gasteiger partial charge is 0.305 e. The number of rotatable bonds is 4. The van der Waals surface area contributed by atoms with E-state index in [1.54, 1.807) is 18.3 Å². The Kier molecular flexibility index (Phi) is 4.66. The third-order valence-electron chi connectivity index (χ3n) is 3.01. The molecule has 2 nitrogen and oxygen atoms in total. The first-order valence-corrected chi connectivity index (χ1v) is 7.02. The number of nitrogens with zero attached hydrogens (tertiary/aromatic N) is 1. The second-order valence-corrected chi connectivity index (χ2v) is 5.31. The van der Waals surface area contributed by atoms with Crippen LogP contribution < -0.4 is 5.32 Å². The van der Waals surface area contributed by atoms with E-state index in [1.165, 1.54) is 6.07 Å². The van der Waals surface area contributed by atoms with Crippen molar-refractivity contribution in [1.29, 1.82) is 0 Å². The monoisotopic (exact) mass is 322 g/mol. The molecular formula is C15H16BrFN2. The van der Waals surface area contributed by atoms with Gasteiger partial charge in [0, 0.05) is 10.7 Å². The van der Waals surface area contributed by atoms with E-state index in [4.69, 9.17) is 0 Å². The number of halogens is 2. The molecule has 0 spiro atoms. The SMILES string of the molecule is CCNC(c1ccc(Br)cn1)c1cc(F)ccc1C. The van der Waals surface area contributed by atoms with Gasteiger partial charge in [0.05, 0.1) is 11.7 Å². The Morgan fingerprint density at radius 1 is 1.32 bits per heavy atom. The van der Waals surface area contributed by atoms with Crippen molar-refractivity contribution in [2.75, 3.05) is 6.54 Å². The lowest BCUT2D eigenvalue weighted by Gasteiger charge is -2.20. The number of pyridine rings is 1. The molecule has 1 aromatic heterocycles. The van der Waals surface area contributed by atoms with Crippen LogP contribution in [0.1, 0.15) is 29.8 Å². The number of nitrogens with one attached hydrogen (secondary N) is 1. The van der Waals surface area contributed by atoms with Gasteiger partial charge in [-0.05, 0) is 64.8 Å². The molecule has 1 unspecified atom stereocenters. The van der Waals surface area contributed by atoms with Gasteiger partial charge in [-0.3, -0.25) is 4.98 Å². The third kappa shape index (κ3) is 3.39. The first kappa shape index (κ1) is 14.2. The minimum atomic E-state index is -0.222. The van der Waals surface area contributed by atoms with E-state index in [0.29, 0.717) is 0 Å². The molecule has 0 radical (unpaired) electrons. The van der Waals surface area contributed by atoms with Gasteiger partial charge in [-0.25, -0.2) is 4.39 Å². The van der Waals surface area contributed by atoms with Crippen LogP contribution in [0.5, 0.6) is 0 Å². The number of hydrogen-bond acceptors (Lipinski definition) is 2. The zero-order valence-corrected chi connectivity index (χ0v) is 12.5. The molecule has 1 atom stereocenters. The Morgan fingerprint density at radius 3 is 2.74 bits per heavy atom. The highest BCUT2D eigenvalue weighted by molar-refractivity contribution is 9.10. The Hall–Kier alpha value is -1.26. The van der Waals surface area contributed by atoms with E-state index >= 15 is 0 Å².